The van der Waals surface area contributed by atoms with Crippen LogP contribution in [0.3, 0.4) is 0 Å². The zero-order valence-electron chi connectivity index (χ0n) is 12.1. The Morgan fingerprint density at radius 3 is 1.52 bits per heavy atom. The van der Waals surface area contributed by atoms with E-state index in [1.807, 2.05) is 60.7 Å². The smallest absolute Gasteiger partial charge is 0.166 e. The van der Waals surface area contributed by atoms with Gasteiger partial charge in [0.15, 0.2) is 14.7 Å². The SMILES string of the molecule is FC(F)(F)c1cccc([S+](c2ccccc2)c2ccccc2)c1. The van der Waals surface area contributed by atoms with E-state index in [1.54, 1.807) is 6.07 Å². The number of rotatable bonds is 3. The fourth-order valence-electron chi connectivity index (χ4n) is 2.32. The minimum Gasteiger partial charge on any atom is -0.166 e. The van der Waals surface area contributed by atoms with Gasteiger partial charge < -0.3 is 0 Å². The van der Waals surface area contributed by atoms with Gasteiger partial charge in [-0.05, 0) is 36.4 Å². The summed E-state index contributed by atoms with van der Waals surface area (Å²) in [5.41, 5.74) is -0.612. The lowest BCUT2D eigenvalue weighted by Crippen LogP contribution is -2.09. The number of alkyl halides is 3. The molecule has 0 aliphatic rings. The van der Waals surface area contributed by atoms with Crippen LogP contribution >= 0.6 is 0 Å². The van der Waals surface area contributed by atoms with Gasteiger partial charge in [0.25, 0.3) is 0 Å². The first-order chi connectivity index (χ1) is 11.1. The molecule has 0 saturated heterocycles. The average molecular weight is 331 g/mol. The van der Waals surface area contributed by atoms with Crippen LogP contribution in [-0.2, 0) is 17.1 Å². The maximum absolute atomic E-state index is 13.0. The predicted molar refractivity (Wildman–Crippen MR) is 86.5 cm³/mol. The minimum absolute atomic E-state index is 0.560. The van der Waals surface area contributed by atoms with Crippen LogP contribution in [0.25, 0.3) is 0 Å². The topological polar surface area (TPSA) is 0 Å². The quantitative estimate of drug-likeness (QED) is 0.532. The Balaban J connectivity index is 2.14. The Morgan fingerprint density at radius 2 is 1.04 bits per heavy atom. The largest absolute Gasteiger partial charge is 0.416 e. The monoisotopic (exact) mass is 331 g/mol. The predicted octanol–water partition coefficient (Wildman–Crippen LogP) is 5.80. The summed E-state index contributed by atoms with van der Waals surface area (Å²) in [6.07, 6.45) is -4.33. The molecule has 3 aromatic rings. The first-order valence-electron chi connectivity index (χ1n) is 7.07. The van der Waals surface area contributed by atoms with Crippen LogP contribution in [0, 0.1) is 0 Å². The molecule has 3 rings (SSSR count). The summed E-state index contributed by atoms with van der Waals surface area (Å²) in [6.45, 7) is 0. The third-order valence-corrected chi connectivity index (χ3v) is 5.57. The van der Waals surface area contributed by atoms with Gasteiger partial charge in [0.05, 0.1) is 16.5 Å². The number of benzene rings is 3. The Bertz CT molecular complexity index is 728. The maximum Gasteiger partial charge on any atom is 0.416 e. The molecule has 0 unspecified atom stereocenters. The van der Waals surface area contributed by atoms with Crippen molar-refractivity contribution >= 4 is 10.9 Å². The molecule has 0 nitrogen and oxygen atoms in total. The van der Waals surface area contributed by atoms with Crippen molar-refractivity contribution in [1.29, 1.82) is 0 Å². The van der Waals surface area contributed by atoms with Crippen LogP contribution in [0.2, 0.25) is 0 Å². The standard InChI is InChI=1S/C19H14F3S/c20-19(21,22)15-8-7-13-18(14-15)23(16-9-3-1-4-10-16)17-11-5-2-6-12-17/h1-14H/q+1. The van der Waals surface area contributed by atoms with Crippen LogP contribution in [-0.4, -0.2) is 0 Å². The molecule has 0 aliphatic carbocycles. The van der Waals surface area contributed by atoms with Crippen LogP contribution in [0.4, 0.5) is 13.2 Å². The molecule has 0 bridgehead atoms. The molecule has 0 spiro atoms. The summed E-state index contributed by atoms with van der Waals surface area (Å²) in [7, 11) is -0.560. The third kappa shape index (κ3) is 3.59. The van der Waals surface area contributed by atoms with Gasteiger partial charge in [-0.2, -0.15) is 13.2 Å². The number of hydrogen-bond donors (Lipinski definition) is 0. The van der Waals surface area contributed by atoms with Gasteiger partial charge in [-0.3, -0.25) is 0 Å². The molecule has 0 atom stereocenters. The lowest BCUT2D eigenvalue weighted by Gasteiger charge is -2.10. The zero-order chi connectivity index (χ0) is 16.3. The second-order valence-electron chi connectivity index (χ2n) is 4.96. The highest BCUT2D eigenvalue weighted by Crippen LogP contribution is 2.35. The highest BCUT2D eigenvalue weighted by Gasteiger charge is 2.34. The molecule has 0 N–H and O–H groups in total. The maximum atomic E-state index is 13.0. The summed E-state index contributed by atoms with van der Waals surface area (Å²) < 4.78 is 39.1. The molecule has 0 amide bonds. The molecule has 116 valence electrons. The Kier molecular flexibility index (Phi) is 4.44. The first kappa shape index (κ1) is 15.7. The molecule has 0 aromatic heterocycles. The van der Waals surface area contributed by atoms with E-state index in [0.717, 1.165) is 15.9 Å². The molecule has 0 heterocycles. The summed E-state index contributed by atoms with van der Waals surface area (Å²) in [6, 6.07) is 24.9. The molecule has 23 heavy (non-hydrogen) atoms. The normalized spacial score (nSPS) is 11.7. The lowest BCUT2D eigenvalue weighted by atomic mass is 10.2. The van der Waals surface area contributed by atoms with Crippen LogP contribution in [0.1, 0.15) is 5.56 Å². The molecule has 0 radical (unpaired) electrons. The average Bonchev–Trinajstić information content (AvgIpc) is 2.57. The highest BCUT2D eigenvalue weighted by atomic mass is 32.2. The van der Waals surface area contributed by atoms with E-state index >= 15 is 0 Å². The molecule has 4 heteroatoms. The van der Waals surface area contributed by atoms with E-state index in [9.17, 15) is 13.2 Å². The number of halogens is 3. The van der Waals surface area contributed by atoms with Gasteiger partial charge in [-0.15, -0.1) is 0 Å². The van der Waals surface area contributed by atoms with Crippen molar-refractivity contribution in [1.82, 2.24) is 0 Å². The molecular formula is C19H14F3S+. The van der Waals surface area contributed by atoms with Crippen molar-refractivity contribution in [2.45, 2.75) is 20.9 Å². The van der Waals surface area contributed by atoms with Crippen LogP contribution in [0.5, 0.6) is 0 Å². The van der Waals surface area contributed by atoms with E-state index in [1.165, 1.54) is 12.1 Å². The Hall–Kier alpha value is -2.20. The van der Waals surface area contributed by atoms with Crippen molar-refractivity contribution in [3.8, 4) is 0 Å². The van der Waals surface area contributed by atoms with Crippen molar-refractivity contribution in [2.75, 3.05) is 0 Å². The van der Waals surface area contributed by atoms with E-state index in [-0.39, 0.29) is 0 Å². The minimum atomic E-state index is -4.33. The van der Waals surface area contributed by atoms with E-state index < -0.39 is 22.6 Å². The van der Waals surface area contributed by atoms with Gasteiger partial charge >= 0.3 is 6.18 Å². The van der Waals surface area contributed by atoms with Crippen LogP contribution in [0.15, 0.2) is 99.6 Å². The molecule has 0 fully saturated rings. The second-order valence-corrected chi connectivity index (χ2v) is 6.98. The van der Waals surface area contributed by atoms with Crippen molar-refractivity contribution in [3.05, 3.63) is 90.5 Å². The van der Waals surface area contributed by atoms with Gasteiger partial charge in [0.2, 0.25) is 0 Å². The van der Waals surface area contributed by atoms with Gasteiger partial charge in [-0.1, -0.05) is 42.5 Å². The highest BCUT2D eigenvalue weighted by molar-refractivity contribution is 7.97. The second kappa shape index (κ2) is 6.50. The summed E-state index contributed by atoms with van der Waals surface area (Å²) >= 11 is 0. The van der Waals surface area contributed by atoms with Gasteiger partial charge in [-0.25, -0.2) is 0 Å². The van der Waals surface area contributed by atoms with E-state index in [0.29, 0.717) is 4.90 Å². The summed E-state index contributed by atoms with van der Waals surface area (Å²) in [5.74, 6) is 0. The Morgan fingerprint density at radius 1 is 0.565 bits per heavy atom. The lowest BCUT2D eigenvalue weighted by molar-refractivity contribution is -0.137. The van der Waals surface area contributed by atoms with Gasteiger partial charge in [0, 0.05) is 6.07 Å². The van der Waals surface area contributed by atoms with Gasteiger partial charge in [0.1, 0.15) is 0 Å². The van der Waals surface area contributed by atoms with E-state index in [2.05, 4.69) is 0 Å². The van der Waals surface area contributed by atoms with Crippen molar-refractivity contribution < 1.29 is 13.2 Å². The third-order valence-electron chi connectivity index (χ3n) is 3.35. The zero-order valence-corrected chi connectivity index (χ0v) is 12.9. The van der Waals surface area contributed by atoms with Crippen LogP contribution < -0.4 is 0 Å². The first-order valence-corrected chi connectivity index (χ1v) is 8.30. The fraction of sp³-hybridized carbons (Fsp3) is 0.0526. The fourth-order valence-corrected chi connectivity index (χ4v) is 4.46. The van der Waals surface area contributed by atoms with Crippen molar-refractivity contribution in [3.63, 3.8) is 0 Å². The van der Waals surface area contributed by atoms with Crippen molar-refractivity contribution in [2.24, 2.45) is 0 Å². The molecular weight excluding hydrogens is 317 g/mol. The molecule has 0 saturated carbocycles. The van der Waals surface area contributed by atoms with E-state index in [4.69, 9.17) is 0 Å². The Labute approximate surface area is 135 Å². The summed E-state index contributed by atoms with van der Waals surface area (Å²) in [5, 5.41) is 0. The molecule has 0 aliphatic heterocycles. The number of hydrogen-bond acceptors (Lipinski definition) is 0. The molecule has 3 aromatic carbocycles. The summed E-state index contributed by atoms with van der Waals surface area (Å²) in [4.78, 5) is 2.66.